The topological polar surface area (TPSA) is 116 Å². The Bertz CT molecular complexity index is 1060. The van der Waals surface area contributed by atoms with E-state index in [1.165, 1.54) is 6.20 Å². The summed E-state index contributed by atoms with van der Waals surface area (Å²) in [5, 5.41) is 2.71. The SMILES string of the molecule is Cl.NCC(CCl)Oc1sncc1NC(=O)c1nc(-c2c(F)cccc2F)c(F)cc1N. The lowest BCUT2D eigenvalue weighted by molar-refractivity contribution is 0.102. The van der Waals surface area contributed by atoms with Crippen LogP contribution in [-0.4, -0.2) is 33.8 Å². The van der Waals surface area contributed by atoms with Crippen LogP contribution in [0.25, 0.3) is 11.3 Å². The maximum Gasteiger partial charge on any atom is 0.276 e. The van der Waals surface area contributed by atoms with Crippen LogP contribution in [0.2, 0.25) is 0 Å². The Morgan fingerprint density at radius 1 is 1.26 bits per heavy atom. The van der Waals surface area contributed by atoms with Crippen LogP contribution in [-0.2, 0) is 0 Å². The van der Waals surface area contributed by atoms with E-state index >= 15 is 0 Å². The molecule has 0 aliphatic heterocycles. The predicted molar refractivity (Wildman–Crippen MR) is 115 cm³/mol. The Morgan fingerprint density at radius 3 is 2.55 bits per heavy atom. The lowest BCUT2D eigenvalue weighted by atomic mass is 10.1. The number of ether oxygens (including phenoxy) is 1. The molecule has 0 aliphatic rings. The van der Waals surface area contributed by atoms with Crippen LogP contribution in [0.15, 0.2) is 30.5 Å². The zero-order valence-electron chi connectivity index (χ0n) is 15.6. The normalized spacial score (nSPS) is 11.5. The molecular weight excluding hydrogens is 478 g/mol. The second-order valence-electron chi connectivity index (χ2n) is 5.96. The van der Waals surface area contributed by atoms with Gasteiger partial charge in [0.15, 0.2) is 11.5 Å². The van der Waals surface area contributed by atoms with Gasteiger partial charge in [0.05, 0.1) is 23.3 Å². The zero-order chi connectivity index (χ0) is 21.8. The zero-order valence-corrected chi connectivity index (χ0v) is 18.0. The number of nitrogens with one attached hydrogen (secondary N) is 1. The summed E-state index contributed by atoms with van der Waals surface area (Å²) in [6, 6.07) is 3.78. The molecule has 0 bridgehead atoms. The molecule has 1 aromatic carbocycles. The number of rotatable bonds is 7. The largest absolute Gasteiger partial charge is 0.475 e. The Hall–Kier alpha value is -2.60. The molecule has 5 N–H and O–H groups in total. The summed E-state index contributed by atoms with van der Waals surface area (Å²) in [5.41, 5.74) is 9.27. The van der Waals surface area contributed by atoms with Gasteiger partial charge in [-0.3, -0.25) is 4.79 Å². The number of halogens is 5. The summed E-state index contributed by atoms with van der Waals surface area (Å²) < 4.78 is 52.0. The van der Waals surface area contributed by atoms with Crippen LogP contribution < -0.4 is 21.5 Å². The summed E-state index contributed by atoms with van der Waals surface area (Å²) in [4.78, 5) is 16.5. The molecule has 0 spiro atoms. The molecule has 3 aromatic rings. The average molecular weight is 494 g/mol. The first-order valence-corrected chi connectivity index (χ1v) is 9.75. The second kappa shape index (κ2) is 10.6. The number of nitrogen functional groups attached to an aromatic ring is 1. The number of carbonyl (C=O) groups is 1. The van der Waals surface area contributed by atoms with Gasteiger partial charge in [-0.1, -0.05) is 6.07 Å². The van der Waals surface area contributed by atoms with E-state index in [2.05, 4.69) is 14.7 Å². The molecule has 7 nitrogen and oxygen atoms in total. The Morgan fingerprint density at radius 2 is 1.94 bits per heavy atom. The van der Waals surface area contributed by atoms with Crippen molar-refractivity contribution in [3.63, 3.8) is 0 Å². The molecule has 1 atom stereocenters. The Kier molecular flexibility index (Phi) is 8.45. The molecule has 2 heterocycles. The van der Waals surface area contributed by atoms with E-state index in [-0.39, 0.29) is 41.3 Å². The smallest absolute Gasteiger partial charge is 0.276 e. The van der Waals surface area contributed by atoms with Gasteiger partial charge in [0.2, 0.25) is 5.06 Å². The van der Waals surface area contributed by atoms with Crippen molar-refractivity contribution in [2.45, 2.75) is 6.10 Å². The molecule has 1 unspecified atom stereocenters. The lowest BCUT2D eigenvalue weighted by Crippen LogP contribution is -2.28. The number of alkyl halides is 1. The van der Waals surface area contributed by atoms with E-state index in [0.29, 0.717) is 0 Å². The first-order chi connectivity index (χ1) is 14.3. The maximum absolute atomic E-state index is 14.3. The van der Waals surface area contributed by atoms with Gasteiger partial charge in [0.25, 0.3) is 5.91 Å². The highest BCUT2D eigenvalue weighted by Gasteiger charge is 2.23. The van der Waals surface area contributed by atoms with Gasteiger partial charge in [-0.15, -0.1) is 24.0 Å². The van der Waals surface area contributed by atoms with Crippen LogP contribution in [0, 0.1) is 17.5 Å². The third kappa shape index (κ3) is 5.37. The van der Waals surface area contributed by atoms with E-state index in [1.807, 2.05) is 0 Å². The van der Waals surface area contributed by atoms with Gasteiger partial charge < -0.3 is 21.5 Å². The van der Waals surface area contributed by atoms with Crippen LogP contribution in [0.5, 0.6) is 5.06 Å². The number of pyridine rings is 1. The van der Waals surface area contributed by atoms with Crippen molar-refractivity contribution in [1.82, 2.24) is 9.36 Å². The standard InChI is InChI=1S/C18H15ClF3N5O2S.ClH/c19-5-8(6-23)29-18-13(7-25-30-18)26-17(28)16-12(24)4-11(22)15(27-16)14-9(20)2-1-3-10(14)21;/h1-4,7-8H,5-6,23-24H2,(H,26,28);1H. The minimum Gasteiger partial charge on any atom is -0.475 e. The molecule has 0 fully saturated rings. The molecule has 1 amide bonds. The third-order valence-corrected chi connectivity index (χ3v) is 4.95. The van der Waals surface area contributed by atoms with Crippen LogP contribution in [0.1, 0.15) is 10.5 Å². The molecule has 3 rings (SSSR count). The molecule has 0 saturated carbocycles. The number of nitrogens with two attached hydrogens (primary N) is 2. The van der Waals surface area contributed by atoms with Crippen molar-refractivity contribution in [3.8, 4) is 16.3 Å². The van der Waals surface area contributed by atoms with Gasteiger partial charge >= 0.3 is 0 Å². The number of carbonyl (C=O) groups excluding carboxylic acids is 1. The summed E-state index contributed by atoms with van der Waals surface area (Å²) in [6.45, 7) is 0.138. The van der Waals surface area contributed by atoms with Crippen LogP contribution >= 0.6 is 35.5 Å². The van der Waals surface area contributed by atoms with Crippen molar-refractivity contribution < 1.29 is 22.7 Å². The van der Waals surface area contributed by atoms with E-state index < -0.39 is 46.4 Å². The average Bonchev–Trinajstić information content (AvgIpc) is 3.13. The maximum atomic E-state index is 14.3. The number of hydrogen-bond donors (Lipinski definition) is 3. The summed E-state index contributed by atoms with van der Waals surface area (Å²) in [7, 11) is 0. The minimum atomic E-state index is -1.08. The summed E-state index contributed by atoms with van der Waals surface area (Å²) in [5.74, 6) is -3.90. The highest BCUT2D eigenvalue weighted by Crippen LogP contribution is 2.32. The first-order valence-electron chi connectivity index (χ1n) is 8.44. The summed E-state index contributed by atoms with van der Waals surface area (Å²) >= 11 is 6.69. The molecule has 0 radical (unpaired) electrons. The molecule has 31 heavy (non-hydrogen) atoms. The van der Waals surface area contributed by atoms with E-state index in [1.54, 1.807) is 0 Å². The number of nitrogens with zero attached hydrogens (tertiary/aromatic N) is 2. The lowest BCUT2D eigenvalue weighted by Gasteiger charge is -2.14. The molecule has 2 aromatic heterocycles. The summed E-state index contributed by atoms with van der Waals surface area (Å²) in [6.07, 6.45) is 0.809. The number of amides is 1. The van der Waals surface area contributed by atoms with Gasteiger partial charge in [-0.05, 0) is 12.1 Å². The number of benzene rings is 1. The second-order valence-corrected chi connectivity index (χ2v) is 7.04. The highest BCUT2D eigenvalue weighted by atomic mass is 35.5. The minimum absolute atomic E-state index is 0. The van der Waals surface area contributed by atoms with Crippen LogP contribution in [0.3, 0.4) is 0 Å². The van der Waals surface area contributed by atoms with Crippen molar-refractivity contribution >= 4 is 52.8 Å². The molecular formula is C18H16Cl2F3N5O2S. The van der Waals surface area contributed by atoms with Crippen molar-refractivity contribution in [3.05, 3.63) is 53.6 Å². The highest BCUT2D eigenvalue weighted by molar-refractivity contribution is 7.08. The number of anilines is 2. The van der Waals surface area contributed by atoms with Crippen molar-refractivity contribution in [1.29, 1.82) is 0 Å². The Balaban J connectivity index is 0.00000341. The fraction of sp³-hybridized carbons (Fsp3) is 0.167. The molecule has 0 saturated heterocycles. The monoisotopic (exact) mass is 493 g/mol. The van der Waals surface area contributed by atoms with Crippen molar-refractivity contribution in [2.75, 3.05) is 23.5 Å². The molecule has 0 aliphatic carbocycles. The fourth-order valence-electron chi connectivity index (χ4n) is 2.46. The number of aromatic nitrogens is 2. The molecule has 13 heteroatoms. The number of hydrogen-bond acceptors (Lipinski definition) is 7. The van der Waals surface area contributed by atoms with Gasteiger partial charge in [0, 0.05) is 24.1 Å². The van der Waals surface area contributed by atoms with E-state index in [0.717, 1.165) is 35.8 Å². The fourth-order valence-corrected chi connectivity index (χ4v) is 3.28. The predicted octanol–water partition coefficient (Wildman–Crippen LogP) is 3.82. The third-order valence-electron chi connectivity index (χ3n) is 3.91. The quantitative estimate of drug-likeness (QED) is 0.430. The van der Waals surface area contributed by atoms with Gasteiger partial charge in [0.1, 0.15) is 29.1 Å². The van der Waals surface area contributed by atoms with Gasteiger partial charge in [-0.2, -0.15) is 4.37 Å². The van der Waals surface area contributed by atoms with Gasteiger partial charge in [-0.25, -0.2) is 18.2 Å². The molecule has 166 valence electrons. The van der Waals surface area contributed by atoms with E-state index in [4.69, 9.17) is 27.8 Å². The Labute approximate surface area is 190 Å². The van der Waals surface area contributed by atoms with Crippen LogP contribution in [0.4, 0.5) is 24.5 Å². The van der Waals surface area contributed by atoms with E-state index in [9.17, 15) is 18.0 Å². The first kappa shape index (κ1) is 24.7. The van der Waals surface area contributed by atoms with Crippen molar-refractivity contribution in [2.24, 2.45) is 5.73 Å².